The van der Waals surface area contributed by atoms with Crippen LogP contribution in [0.1, 0.15) is 24.5 Å². The van der Waals surface area contributed by atoms with Crippen molar-refractivity contribution in [3.63, 3.8) is 0 Å². The van der Waals surface area contributed by atoms with Crippen molar-refractivity contribution < 1.29 is 14.2 Å². The standard InChI is InChI=1S/C25H36N4O3.HI/c1-3-26-25(28-23-9-5-10-24(18-23)32-14-6-13-30-2)27-19-21-7-4-8-22(17-21)20-29-11-15-31-16-12-29;/h4-5,7-10,17-18H,3,6,11-16,19-20H2,1-2H3,(H2,26,27,28);1H. The summed E-state index contributed by atoms with van der Waals surface area (Å²) in [6.45, 7) is 9.37. The molecule has 0 aromatic heterocycles. The van der Waals surface area contributed by atoms with E-state index in [9.17, 15) is 0 Å². The van der Waals surface area contributed by atoms with Crippen molar-refractivity contribution in [3.05, 3.63) is 59.7 Å². The second kappa shape index (κ2) is 15.9. The van der Waals surface area contributed by atoms with Crippen molar-refractivity contribution >= 4 is 35.6 Å². The SMILES string of the molecule is CCNC(=NCc1cccc(CN2CCOCC2)c1)Nc1cccc(OCCCOC)c1.I. The number of nitrogens with zero attached hydrogens (tertiary/aromatic N) is 2. The molecule has 8 heteroatoms. The van der Waals surface area contributed by atoms with Gasteiger partial charge in [0.2, 0.25) is 0 Å². The molecule has 2 aromatic rings. The Balaban J connectivity index is 0.00000385. The molecule has 0 aliphatic carbocycles. The smallest absolute Gasteiger partial charge is 0.196 e. The molecule has 33 heavy (non-hydrogen) atoms. The maximum atomic E-state index is 5.80. The zero-order chi connectivity index (χ0) is 22.4. The Labute approximate surface area is 214 Å². The molecular formula is C25H37IN4O3. The van der Waals surface area contributed by atoms with Crippen molar-refractivity contribution in [2.75, 3.05) is 58.5 Å². The first-order chi connectivity index (χ1) is 15.8. The highest BCUT2D eigenvalue weighted by Crippen LogP contribution is 2.18. The van der Waals surface area contributed by atoms with Gasteiger partial charge in [-0.3, -0.25) is 4.90 Å². The first-order valence-electron chi connectivity index (χ1n) is 11.4. The highest BCUT2D eigenvalue weighted by molar-refractivity contribution is 14.0. The van der Waals surface area contributed by atoms with Crippen LogP contribution in [0.4, 0.5) is 5.69 Å². The summed E-state index contributed by atoms with van der Waals surface area (Å²) in [5.41, 5.74) is 3.45. The summed E-state index contributed by atoms with van der Waals surface area (Å²) in [5.74, 6) is 1.58. The third-order valence-corrected chi connectivity index (χ3v) is 5.12. The number of nitrogens with one attached hydrogen (secondary N) is 2. The average Bonchev–Trinajstić information content (AvgIpc) is 2.82. The van der Waals surface area contributed by atoms with E-state index in [-0.39, 0.29) is 24.0 Å². The Bertz CT molecular complexity index is 844. The van der Waals surface area contributed by atoms with Crippen LogP contribution < -0.4 is 15.4 Å². The third-order valence-electron chi connectivity index (χ3n) is 5.12. The molecule has 0 saturated carbocycles. The molecule has 1 aliphatic rings. The van der Waals surface area contributed by atoms with Crippen LogP contribution in [0.15, 0.2) is 53.5 Å². The maximum absolute atomic E-state index is 5.80. The van der Waals surface area contributed by atoms with Gasteiger partial charge in [-0.1, -0.05) is 30.3 Å². The Morgan fingerprint density at radius 2 is 1.85 bits per heavy atom. The fourth-order valence-electron chi connectivity index (χ4n) is 3.51. The van der Waals surface area contributed by atoms with Crippen LogP contribution in [0.2, 0.25) is 0 Å². The number of rotatable bonds is 11. The number of ether oxygens (including phenoxy) is 3. The summed E-state index contributed by atoms with van der Waals surface area (Å²) < 4.78 is 16.3. The quantitative estimate of drug-likeness (QED) is 0.184. The Morgan fingerprint density at radius 1 is 1.06 bits per heavy atom. The van der Waals surface area contributed by atoms with E-state index < -0.39 is 0 Å². The number of halogens is 1. The number of hydrogen-bond acceptors (Lipinski definition) is 5. The number of benzene rings is 2. The Kier molecular flexibility index (Phi) is 13.2. The predicted octanol–water partition coefficient (Wildman–Crippen LogP) is 4.13. The lowest BCUT2D eigenvalue weighted by molar-refractivity contribution is 0.0342. The van der Waals surface area contributed by atoms with Gasteiger partial charge in [0.05, 0.1) is 26.4 Å². The van der Waals surface area contributed by atoms with Gasteiger partial charge in [-0.25, -0.2) is 4.99 Å². The van der Waals surface area contributed by atoms with E-state index >= 15 is 0 Å². The summed E-state index contributed by atoms with van der Waals surface area (Å²) in [4.78, 5) is 7.22. The normalized spacial score (nSPS) is 14.4. The molecule has 0 spiro atoms. The van der Waals surface area contributed by atoms with Gasteiger partial charge in [0.1, 0.15) is 5.75 Å². The molecule has 0 bridgehead atoms. The molecule has 0 atom stereocenters. The van der Waals surface area contributed by atoms with E-state index in [0.717, 1.165) is 63.2 Å². The molecule has 0 unspecified atom stereocenters. The molecule has 182 valence electrons. The zero-order valence-electron chi connectivity index (χ0n) is 19.7. The molecule has 2 N–H and O–H groups in total. The second-order valence-electron chi connectivity index (χ2n) is 7.75. The van der Waals surface area contributed by atoms with Gasteiger partial charge >= 0.3 is 0 Å². The molecule has 0 amide bonds. The fourth-order valence-corrected chi connectivity index (χ4v) is 3.51. The van der Waals surface area contributed by atoms with Gasteiger partial charge in [-0.05, 0) is 30.2 Å². The van der Waals surface area contributed by atoms with Gasteiger partial charge in [-0.2, -0.15) is 0 Å². The van der Waals surface area contributed by atoms with Crippen LogP contribution in [0, 0.1) is 0 Å². The van der Waals surface area contributed by atoms with Crippen LogP contribution in [0.25, 0.3) is 0 Å². The van der Waals surface area contributed by atoms with Crippen molar-refractivity contribution in [1.82, 2.24) is 10.2 Å². The molecule has 1 heterocycles. The molecule has 1 aliphatic heterocycles. The van der Waals surface area contributed by atoms with E-state index in [0.29, 0.717) is 19.8 Å². The zero-order valence-corrected chi connectivity index (χ0v) is 22.0. The lowest BCUT2D eigenvalue weighted by Gasteiger charge is -2.26. The molecule has 7 nitrogen and oxygen atoms in total. The number of aliphatic imine (C=N–C) groups is 1. The first kappa shape index (κ1) is 27.4. The van der Waals surface area contributed by atoms with Crippen LogP contribution in [0.3, 0.4) is 0 Å². The minimum Gasteiger partial charge on any atom is -0.493 e. The number of morpholine rings is 1. The molecule has 1 saturated heterocycles. The summed E-state index contributed by atoms with van der Waals surface area (Å²) in [7, 11) is 1.70. The minimum absolute atomic E-state index is 0. The topological polar surface area (TPSA) is 67.4 Å². The summed E-state index contributed by atoms with van der Waals surface area (Å²) in [5, 5.41) is 6.70. The number of hydrogen-bond donors (Lipinski definition) is 2. The summed E-state index contributed by atoms with van der Waals surface area (Å²) in [6.07, 6.45) is 0.864. The van der Waals surface area contributed by atoms with Crippen molar-refractivity contribution in [2.24, 2.45) is 4.99 Å². The number of anilines is 1. The maximum Gasteiger partial charge on any atom is 0.196 e. The van der Waals surface area contributed by atoms with E-state index in [1.165, 1.54) is 11.1 Å². The number of methoxy groups -OCH3 is 1. The second-order valence-corrected chi connectivity index (χ2v) is 7.75. The Morgan fingerprint density at radius 3 is 2.64 bits per heavy atom. The highest BCUT2D eigenvalue weighted by atomic mass is 127. The predicted molar refractivity (Wildman–Crippen MR) is 145 cm³/mol. The summed E-state index contributed by atoms with van der Waals surface area (Å²) in [6, 6.07) is 16.6. The van der Waals surface area contributed by atoms with Gasteiger partial charge in [0.25, 0.3) is 0 Å². The molecule has 0 radical (unpaired) electrons. The van der Waals surface area contributed by atoms with Gasteiger partial charge in [0, 0.05) is 58.1 Å². The largest absolute Gasteiger partial charge is 0.493 e. The number of guanidine groups is 1. The Hall–Kier alpha value is -1.88. The van der Waals surface area contributed by atoms with Gasteiger partial charge in [0.15, 0.2) is 5.96 Å². The van der Waals surface area contributed by atoms with Crippen LogP contribution in [-0.2, 0) is 22.6 Å². The van der Waals surface area contributed by atoms with Crippen LogP contribution in [-0.4, -0.2) is 64.0 Å². The van der Waals surface area contributed by atoms with Crippen molar-refractivity contribution in [1.29, 1.82) is 0 Å². The van der Waals surface area contributed by atoms with E-state index in [1.54, 1.807) is 7.11 Å². The fraction of sp³-hybridized carbons (Fsp3) is 0.480. The highest BCUT2D eigenvalue weighted by Gasteiger charge is 2.10. The average molecular weight is 569 g/mol. The first-order valence-corrected chi connectivity index (χ1v) is 11.4. The van der Waals surface area contributed by atoms with E-state index in [1.807, 2.05) is 24.3 Å². The minimum atomic E-state index is 0. The lowest BCUT2D eigenvalue weighted by Crippen LogP contribution is -2.35. The van der Waals surface area contributed by atoms with Crippen molar-refractivity contribution in [2.45, 2.75) is 26.4 Å². The molecule has 2 aromatic carbocycles. The van der Waals surface area contributed by atoms with Crippen molar-refractivity contribution in [3.8, 4) is 5.75 Å². The molecule has 1 fully saturated rings. The van der Waals surface area contributed by atoms with Crippen LogP contribution >= 0.6 is 24.0 Å². The van der Waals surface area contributed by atoms with Gasteiger partial charge in [-0.15, -0.1) is 24.0 Å². The molecule has 3 rings (SSSR count). The monoisotopic (exact) mass is 568 g/mol. The lowest BCUT2D eigenvalue weighted by atomic mass is 10.1. The molecular weight excluding hydrogens is 531 g/mol. The van der Waals surface area contributed by atoms with E-state index in [4.69, 9.17) is 19.2 Å². The third kappa shape index (κ3) is 10.3. The van der Waals surface area contributed by atoms with E-state index in [2.05, 4.69) is 46.7 Å². The van der Waals surface area contributed by atoms with Crippen LogP contribution in [0.5, 0.6) is 5.75 Å². The van der Waals surface area contributed by atoms with Gasteiger partial charge < -0.3 is 24.8 Å². The summed E-state index contributed by atoms with van der Waals surface area (Å²) >= 11 is 0.